The Kier molecular flexibility index (Phi) is 7.97. The lowest BCUT2D eigenvalue weighted by Crippen LogP contribution is -2.18. The predicted octanol–water partition coefficient (Wildman–Crippen LogP) is 5.26. The van der Waals surface area contributed by atoms with Crippen molar-refractivity contribution in [1.82, 2.24) is 9.97 Å². The van der Waals surface area contributed by atoms with Gasteiger partial charge in [0, 0.05) is 28.3 Å². The third-order valence-corrected chi connectivity index (χ3v) is 7.74. The van der Waals surface area contributed by atoms with E-state index in [4.69, 9.17) is 5.73 Å². The van der Waals surface area contributed by atoms with Crippen molar-refractivity contribution >= 4 is 45.0 Å². The normalized spacial score (nSPS) is 15.3. The molecule has 1 atom stereocenters. The zero-order chi connectivity index (χ0) is 24.9. The van der Waals surface area contributed by atoms with Crippen LogP contribution in [0.25, 0.3) is 10.9 Å². The van der Waals surface area contributed by atoms with Gasteiger partial charge < -0.3 is 15.8 Å². The van der Waals surface area contributed by atoms with Gasteiger partial charge in [-0.2, -0.15) is 0 Å². The monoisotopic (exact) mass is 496 g/mol. The minimum Gasteiger partial charge on any atom is -0.477 e. The number of Topliss-reactive ketones (excluding diaryl/α,β-unsaturated/α-hetero) is 1. The summed E-state index contributed by atoms with van der Waals surface area (Å²) in [5.41, 5.74) is 7.81. The molecule has 0 radical (unpaired) electrons. The zero-order valence-electron chi connectivity index (χ0n) is 19.9. The van der Waals surface area contributed by atoms with E-state index in [0.29, 0.717) is 70.5 Å². The number of carbonyl (C=O) groups excluding carboxylic acids is 2. The number of aromatic amines is 1. The molecule has 8 nitrogen and oxygen atoms in total. The average molecular weight is 497 g/mol. The van der Waals surface area contributed by atoms with Gasteiger partial charge in [-0.15, -0.1) is 11.3 Å². The molecule has 0 aliphatic heterocycles. The van der Waals surface area contributed by atoms with Crippen LogP contribution in [0.5, 0.6) is 0 Å². The van der Waals surface area contributed by atoms with E-state index in [9.17, 15) is 19.5 Å². The van der Waals surface area contributed by atoms with Crippen LogP contribution in [0.2, 0.25) is 0 Å². The Labute approximate surface area is 208 Å². The number of carboxylic acids is 1. The molecule has 1 aliphatic rings. The van der Waals surface area contributed by atoms with E-state index in [1.54, 1.807) is 23.6 Å². The molecular weight excluding hydrogens is 464 g/mol. The van der Waals surface area contributed by atoms with Gasteiger partial charge in [-0.3, -0.25) is 14.9 Å². The molecule has 0 saturated heterocycles. The quantitative estimate of drug-likeness (QED) is 0.283. The molecule has 2 aromatic heterocycles. The first-order chi connectivity index (χ1) is 16.9. The van der Waals surface area contributed by atoms with Crippen LogP contribution in [0.4, 0.5) is 5.13 Å². The van der Waals surface area contributed by atoms with Gasteiger partial charge in [-0.25, -0.2) is 9.78 Å². The van der Waals surface area contributed by atoms with Crippen molar-refractivity contribution in [2.45, 2.75) is 58.3 Å². The van der Waals surface area contributed by atoms with E-state index >= 15 is 0 Å². The van der Waals surface area contributed by atoms with Gasteiger partial charge in [0.25, 0.3) is 5.91 Å². The highest BCUT2D eigenvalue weighted by Gasteiger charge is 2.24. The van der Waals surface area contributed by atoms with E-state index in [1.165, 1.54) is 43.4 Å². The number of nitrogens with zero attached hydrogens (tertiary/aromatic N) is 1. The number of thiazole rings is 1. The molecular formula is C26H32N4O4S. The maximum absolute atomic E-state index is 12.9. The van der Waals surface area contributed by atoms with Gasteiger partial charge in [-0.05, 0) is 55.0 Å². The molecule has 1 aliphatic carbocycles. The molecule has 1 fully saturated rings. The molecule has 0 spiro atoms. The minimum absolute atomic E-state index is 0.0133. The van der Waals surface area contributed by atoms with Crippen LogP contribution >= 0.6 is 11.3 Å². The second kappa shape index (κ2) is 11.1. The number of rotatable bonds is 10. The van der Waals surface area contributed by atoms with E-state index in [-0.39, 0.29) is 17.4 Å². The summed E-state index contributed by atoms with van der Waals surface area (Å²) in [6, 6.07) is 5.02. The highest BCUT2D eigenvalue weighted by Crippen LogP contribution is 2.32. The Hall–Kier alpha value is -3.04. The second-order valence-corrected chi connectivity index (χ2v) is 10.3. The lowest BCUT2D eigenvalue weighted by Gasteiger charge is -2.27. The number of carboxylic acid groups (broad SMARTS) is 1. The summed E-state index contributed by atoms with van der Waals surface area (Å²) in [6.07, 6.45) is 7.79. The molecule has 1 amide bonds. The summed E-state index contributed by atoms with van der Waals surface area (Å²) in [6.45, 7) is 2.59. The van der Waals surface area contributed by atoms with Gasteiger partial charge in [0.05, 0.1) is 0 Å². The van der Waals surface area contributed by atoms with E-state index < -0.39 is 5.97 Å². The minimum atomic E-state index is -1.04. The largest absolute Gasteiger partial charge is 0.477 e. The fourth-order valence-electron chi connectivity index (χ4n) is 5.01. The SMILES string of the molecule is CC(CC(=O)c1csc(NC(=O)c2ccc3[nH]c(C(=O)O)c(CCCN)c3c2)n1)C1CCCCC1. The van der Waals surface area contributed by atoms with Crippen molar-refractivity contribution in [1.29, 1.82) is 0 Å². The highest BCUT2D eigenvalue weighted by atomic mass is 32.1. The van der Waals surface area contributed by atoms with Crippen molar-refractivity contribution in [2.24, 2.45) is 17.6 Å². The molecule has 0 bridgehead atoms. The predicted molar refractivity (Wildman–Crippen MR) is 137 cm³/mol. The third-order valence-electron chi connectivity index (χ3n) is 6.99. The maximum Gasteiger partial charge on any atom is 0.352 e. The Bertz CT molecular complexity index is 1230. The summed E-state index contributed by atoms with van der Waals surface area (Å²) in [4.78, 5) is 44.6. The summed E-state index contributed by atoms with van der Waals surface area (Å²) in [5, 5.41) is 15.1. The Morgan fingerprint density at radius 1 is 1.26 bits per heavy atom. The van der Waals surface area contributed by atoms with Gasteiger partial charge >= 0.3 is 5.97 Å². The number of amides is 1. The first-order valence-corrected chi connectivity index (χ1v) is 13.1. The summed E-state index contributed by atoms with van der Waals surface area (Å²) in [7, 11) is 0. The third kappa shape index (κ3) is 5.79. The number of hydrogen-bond donors (Lipinski definition) is 4. The van der Waals surface area contributed by atoms with Crippen molar-refractivity contribution in [3.05, 3.63) is 46.1 Å². The van der Waals surface area contributed by atoms with E-state index in [1.807, 2.05) is 0 Å². The topological polar surface area (TPSA) is 138 Å². The second-order valence-electron chi connectivity index (χ2n) is 9.43. The van der Waals surface area contributed by atoms with Crippen LogP contribution in [0, 0.1) is 11.8 Å². The Morgan fingerprint density at radius 2 is 2.03 bits per heavy atom. The van der Waals surface area contributed by atoms with Crippen LogP contribution in [0.3, 0.4) is 0 Å². The molecule has 35 heavy (non-hydrogen) atoms. The number of aromatic nitrogens is 2. The molecule has 1 aromatic carbocycles. The van der Waals surface area contributed by atoms with Crippen molar-refractivity contribution in [2.75, 3.05) is 11.9 Å². The van der Waals surface area contributed by atoms with Crippen LogP contribution < -0.4 is 11.1 Å². The average Bonchev–Trinajstić information content (AvgIpc) is 3.47. The molecule has 2 heterocycles. The summed E-state index contributed by atoms with van der Waals surface area (Å²) >= 11 is 1.23. The summed E-state index contributed by atoms with van der Waals surface area (Å²) < 4.78 is 0. The van der Waals surface area contributed by atoms with Crippen LogP contribution in [-0.4, -0.2) is 39.3 Å². The number of carbonyl (C=O) groups is 3. The molecule has 5 N–H and O–H groups in total. The molecule has 1 saturated carbocycles. The molecule has 4 rings (SSSR count). The van der Waals surface area contributed by atoms with Crippen molar-refractivity contribution < 1.29 is 19.5 Å². The van der Waals surface area contributed by atoms with Crippen LogP contribution in [0.15, 0.2) is 23.6 Å². The number of nitrogens with two attached hydrogens (primary N) is 1. The fourth-order valence-corrected chi connectivity index (χ4v) is 5.72. The fraction of sp³-hybridized carbons (Fsp3) is 0.462. The van der Waals surface area contributed by atoms with Gasteiger partial charge in [0.1, 0.15) is 11.4 Å². The molecule has 9 heteroatoms. The number of ketones is 1. The van der Waals surface area contributed by atoms with Crippen molar-refractivity contribution in [3.8, 4) is 0 Å². The lowest BCUT2D eigenvalue weighted by atomic mass is 9.79. The smallest absolute Gasteiger partial charge is 0.352 e. The number of nitrogens with one attached hydrogen (secondary N) is 2. The highest BCUT2D eigenvalue weighted by molar-refractivity contribution is 7.14. The first-order valence-electron chi connectivity index (χ1n) is 12.3. The number of aromatic carboxylic acids is 1. The summed E-state index contributed by atoms with van der Waals surface area (Å²) in [5.74, 6) is -0.458. The number of anilines is 1. The van der Waals surface area contributed by atoms with Gasteiger partial charge in [0.15, 0.2) is 10.9 Å². The number of hydrogen-bond acceptors (Lipinski definition) is 6. The van der Waals surface area contributed by atoms with Crippen molar-refractivity contribution in [3.63, 3.8) is 0 Å². The number of benzene rings is 1. The number of fused-ring (bicyclic) bond motifs is 1. The Morgan fingerprint density at radius 3 is 2.74 bits per heavy atom. The number of H-pyrrole nitrogens is 1. The first kappa shape index (κ1) is 25.1. The Balaban J connectivity index is 1.45. The zero-order valence-corrected chi connectivity index (χ0v) is 20.7. The van der Waals surface area contributed by atoms with Crippen LogP contribution in [-0.2, 0) is 6.42 Å². The maximum atomic E-state index is 12.9. The van der Waals surface area contributed by atoms with E-state index in [0.717, 1.165) is 0 Å². The van der Waals surface area contributed by atoms with Crippen LogP contribution in [0.1, 0.15) is 88.8 Å². The molecule has 186 valence electrons. The number of aryl methyl sites for hydroxylation is 1. The molecule has 1 unspecified atom stereocenters. The van der Waals surface area contributed by atoms with Gasteiger partial charge in [0.2, 0.25) is 0 Å². The molecule has 3 aromatic rings. The standard InChI is InChI=1S/C26H32N4O4S/c1-15(16-6-3-2-4-7-16)12-22(31)21-14-35-26(29-21)30-24(32)17-9-10-20-19(13-17)18(8-5-11-27)23(28-20)25(33)34/h9-10,13-16,28H,2-8,11-12,27H2,1H3,(H,33,34)(H,29,30,32). The van der Waals surface area contributed by atoms with E-state index in [2.05, 4.69) is 22.2 Å². The van der Waals surface area contributed by atoms with Gasteiger partial charge in [-0.1, -0.05) is 39.0 Å². The lowest BCUT2D eigenvalue weighted by molar-refractivity contribution is 0.0689.